The lowest BCUT2D eigenvalue weighted by atomic mass is 10.3. The van der Waals surface area contributed by atoms with Crippen LogP contribution in [0.2, 0.25) is 0 Å². The Hall–Kier alpha value is -3.29. The van der Waals surface area contributed by atoms with Crippen molar-refractivity contribution in [3.8, 4) is 5.82 Å². The molecule has 128 valence electrons. The van der Waals surface area contributed by atoms with E-state index in [1.165, 1.54) is 30.3 Å². The lowest BCUT2D eigenvalue weighted by Crippen LogP contribution is -2.30. The molecule has 0 saturated carbocycles. The molecule has 7 nitrogen and oxygen atoms in total. The second-order valence-corrected chi connectivity index (χ2v) is 5.58. The molecule has 0 unspecified atom stereocenters. The molecule has 0 aliphatic rings. The van der Waals surface area contributed by atoms with Crippen LogP contribution in [0.25, 0.3) is 5.82 Å². The fourth-order valence-electron chi connectivity index (χ4n) is 2.39. The smallest absolute Gasteiger partial charge is 0.267 e. The number of rotatable bonds is 4. The van der Waals surface area contributed by atoms with Crippen LogP contribution in [0.5, 0.6) is 0 Å². The predicted octanol–water partition coefficient (Wildman–Crippen LogP) is 1.82. The van der Waals surface area contributed by atoms with Crippen LogP contribution in [0.4, 0.5) is 10.1 Å². The van der Waals surface area contributed by atoms with Crippen molar-refractivity contribution in [2.75, 3.05) is 5.32 Å². The van der Waals surface area contributed by atoms with Gasteiger partial charge in [-0.15, -0.1) is 5.10 Å². The summed E-state index contributed by atoms with van der Waals surface area (Å²) in [5.74, 6) is -0.389. The highest BCUT2D eigenvalue weighted by Gasteiger charge is 2.10. The van der Waals surface area contributed by atoms with E-state index in [4.69, 9.17) is 0 Å². The Labute approximate surface area is 142 Å². The molecule has 0 spiro atoms. The van der Waals surface area contributed by atoms with Crippen molar-refractivity contribution in [1.82, 2.24) is 19.6 Å². The zero-order valence-corrected chi connectivity index (χ0v) is 13.7. The van der Waals surface area contributed by atoms with E-state index in [-0.39, 0.29) is 6.54 Å². The van der Waals surface area contributed by atoms with E-state index in [9.17, 15) is 14.0 Å². The van der Waals surface area contributed by atoms with Crippen LogP contribution in [-0.2, 0) is 11.3 Å². The van der Waals surface area contributed by atoms with Crippen LogP contribution >= 0.6 is 0 Å². The number of carbonyl (C=O) groups excluding carboxylic acids is 1. The zero-order chi connectivity index (χ0) is 18.0. The maximum absolute atomic E-state index is 12.9. The number of hydrogen-bond acceptors (Lipinski definition) is 4. The van der Waals surface area contributed by atoms with Gasteiger partial charge in [0.2, 0.25) is 5.91 Å². The molecule has 2 aromatic heterocycles. The average molecular weight is 341 g/mol. The molecule has 0 radical (unpaired) electrons. The average Bonchev–Trinajstić information content (AvgIpc) is 2.90. The molecule has 0 aliphatic heterocycles. The van der Waals surface area contributed by atoms with Gasteiger partial charge in [0, 0.05) is 17.4 Å². The summed E-state index contributed by atoms with van der Waals surface area (Å²) in [7, 11) is 0. The molecule has 0 fully saturated rings. The van der Waals surface area contributed by atoms with Gasteiger partial charge in [0.15, 0.2) is 5.82 Å². The van der Waals surface area contributed by atoms with Crippen molar-refractivity contribution >= 4 is 11.6 Å². The van der Waals surface area contributed by atoms with Crippen molar-refractivity contribution in [1.29, 1.82) is 0 Å². The first-order valence-electron chi connectivity index (χ1n) is 7.59. The Morgan fingerprint density at radius 1 is 1.12 bits per heavy atom. The van der Waals surface area contributed by atoms with Gasteiger partial charge in [-0.25, -0.2) is 13.8 Å². The van der Waals surface area contributed by atoms with E-state index in [0.717, 1.165) is 16.1 Å². The predicted molar refractivity (Wildman–Crippen MR) is 90.1 cm³/mol. The largest absolute Gasteiger partial charge is 0.324 e. The summed E-state index contributed by atoms with van der Waals surface area (Å²) < 4.78 is 15.5. The third-order valence-electron chi connectivity index (χ3n) is 3.50. The normalized spacial score (nSPS) is 10.7. The van der Waals surface area contributed by atoms with Gasteiger partial charge in [-0.3, -0.25) is 9.59 Å². The minimum absolute atomic E-state index is 0.261. The minimum atomic E-state index is -0.438. The highest BCUT2D eigenvalue weighted by atomic mass is 19.1. The van der Waals surface area contributed by atoms with Crippen LogP contribution in [0.1, 0.15) is 11.4 Å². The number of nitrogens with zero attached hydrogens (tertiary/aromatic N) is 4. The number of aryl methyl sites for hydroxylation is 2. The number of halogens is 1. The number of hydrogen-bond donors (Lipinski definition) is 1. The maximum atomic E-state index is 12.9. The second-order valence-electron chi connectivity index (χ2n) is 5.58. The van der Waals surface area contributed by atoms with Crippen LogP contribution in [0.3, 0.4) is 0 Å². The van der Waals surface area contributed by atoms with Gasteiger partial charge in [0.25, 0.3) is 5.56 Å². The van der Waals surface area contributed by atoms with Gasteiger partial charge in [-0.2, -0.15) is 5.10 Å². The summed E-state index contributed by atoms with van der Waals surface area (Å²) in [6.07, 6.45) is 0. The van der Waals surface area contributed by atoms with Gasteiger partial charge in [-0.05, 0) is 50.2 Å². The van der Waals surface area contributed by atoms with Gasteiger partial charge in [0.05, 0.1) is 5.69 Å². The molecule has 3 rings (SSSR count). The van der Waals surface area contributed by atoms with E-state index in [0.29, 0.717) is 11.5 Å². The molecule has 1 aromatic carbocycles. The summed E-state index contributed by atoms with van der Waals surface area (Å²) in [5.41, 5.74) is 1.73. The first-order valence-corrected chi connectivity index (χ1v) is 7.59. The fourth-order valence-corrected chi connectivity index (χ4v) is 2.39. The molecule has 0 saturated heterocycles. The van der Waals surface area contributed by atoms with Gasteiger partial charge < -0.3 is 5.32 Å². The van der Waals surface area contributed by atoms with Crippen molar-refractivity contribution in [3.63, 3.8) is 0 Å². The molecule has 0 aliphatic carbocycles. The molecule has 0 bridgehead atoms. The van der Waals surface area contributed by atoms with Crippen molar-refractivity contribution in [3.05, 3.63) is 70.0 Å². The summed E-state index contributed by atoms with van der Waals surface area (Å²) in [6, 6.07) is 10.1. The van der Waals surface area contributed by atoms with Crippen molar-refractivity contribution in [2.24, 2.45) is 0 Å². The number of aromatic nitrogens is 4. The van der Waals surface area contributed by atoms with Gasteiger partial charge in [0.1, 0.15) is 12.4 Å². The van der Waals surface area contributed by atoms with Gasteiger partial charge >= 0.3 is 0 Å². The van der Waals surface area contributed by atoms with E-state index in [1.807, 2.05) is 19.9 Å². The molecule has 25 heavy (non-hydrogen) atoms. The van der Waals surface area contributed by atoms with Gasteiger partial charge in [-0.1, -0.05) is 0 Å². The first-order chi connectivity index (χ1) is 11.9. The van der Waals surface area contributed by atoms with E-state index in [2.05, 4.69) is 15.5 Å². The maximum Gasteiger partial charge on any atom is 0.267 e. The third kappa shape index (κ3) is 3.79. The number of benzene rings is 1. The third-order valence-corrected chi connectivity index (χ3v) is 3.50. The Morgan fingerprint density at radius 3 is 2.48 bits per heavy atom. The molecular formula is C17H16FN5O2. The molecule has 1 N–H and O–H groups in total. The van der Waals surface area contributed by atoms with Crippen LogP contribution in [0, 0.1) is 19.7 Å². The molecule has 8 heteroatoms. The highest BCUT2D eigenvalue weighted by molar-refractivity contribution is 5.90. The zero-order valence-electron chi connectivity index (χ0n) is 13.7. The highest BCUT2D eigenvalue weighted by Crippen LogP contribution is 2.09. The Kier molecular flexibility index (Phi) is 4.42. The van der Waals surface area contributed by atoms with Crippen LogP contribution in [0.15, 0.2) is 47.3 Å². The number of nitrogens with one attached hydrogen (secondary N) is 1. The number of anilines is 1. The Morgan fingerprint density at radius 2 is 1.84 bits per heavy atom. The topological polar surface area (TPSA) is 81.8 Å². The van der Waals surface area contributed by atoms with E-state index < -0.39 is 17.3 Å². The second kappa shape index (κ2) is 6.68. The lowest BCUT2D eigenvalue weighted by molar-refractivity contribution is -0.117. The summed E-state index contributed by atoms with van der Waals surface area (Å²) in [4.78, 5) is 24.1. The number of amides is 1. The molecule has 2 heterocycles. The van der Waals surface area contributed by atoms with E-state index >= 15 is 0 Å². The molecule has 3 aromatic rings. The fraction of sp³-hybridized carbons (Fsp3) is 0.176. The summed E-state index contributed by atoms with van der Waals surface area (Å²) >= 11 is 0. The minimum Gasteiger partial charge on any atom is -0.324 e. The SMILES string of the molecule is Cc1cc(C)n(-c2ccc(=O)n(CC(=O)Nc3ccc(F)cc3)n2)n1. The number of carbonyl (C=O) groups is 1. The molecule has 1 amide bonds. The van der Waals surface area contributed by atoms with Crippen LogP contribution in [-0.4, -0.2) is 25.5 Å². The Bertz CT molecular complexity index is 975. The van der Waals surface area contributed by atoms with E-state index in [1.54, 1.807) is 10.7 Å². The monoisotopic (exact) mass is 341 g/mol. The standard InChI is InChI=1S/C17H16FN5O2/c1-11-9-12(2)23(20-11)15-7-8-17(25)22(21-15)10-16(24)19-14-5-3-13(18)4-6-14/h3-9H,10H2,1-2H3,(H,19,24). The Balaban J connectivity index is 1.81. The lowest BCUT2D eigenvalue weighted by Gasteiger charge is -2.09. The molecule has 0 atom stereocenters. The first kappa shape index (κ1) is 16.6. The van der Waals surface area contributed by atoms with Crippen molar-refractivity contribution in [2.45, 2.75) is 20.4 Å². The quantitative estimate of drug-likeness (QED) is 0.785. The van der Waals surface area contributed by atoms with Crippen LogP contribution < -0.4 is 10.9 Å². The molecular weight excluding hydrogens is 325 g/mol. The van der Waals surface area contributed by atoms with Crippen molar-refractivity contribution < 1.29 is 9.18 Å². The summed E-state index contributed by atoms with van der Waals surface area (Å²) in [5, 5.41) is 11.1. The summed E-state index contributed by atoms with van der Waals surface area (Å²) in [6.45, 7) is 3.47.